The van der Waals surface area contributed by atoms with Gasteiger partial charge in [0, 0.05) is 16.7 Å². The molecule has 0 amide bonds. The maximum absolute atomic E-state index is 14.0. The maximum atomic E-state index is 14.0. The molecule has 4 aromatic rings. The van der Waals surface area contributed by atoms with E-state index in [-0.39, 0.29) is 29.7 Å². The number of hydrogen-bond acceptors (Lipinski definition) is 8. The summed E-state index contributed by atoms with van der Waals surface area (Å²) in [6, 6.07) is 12.7. The fourth-order valence-electron chi connectivity index (χ4n) is 5.34. The maximum Gasteiger partial charge on any atom is 0.422 e. The van der Waals surface area contributed by atoms with Gasteiger partial charge in [0.05, 0.1) is 6.04 Å². The van der Waals surface area contributed by atoms with Gasteiger partial charge in [-0.1, -0.05) is 72.0 Å². The van der Waals surface area contributed by atoms with Crippen LogP contribution in [0, 0.1) is 5.92 Å². The first kappa shape index (κ1) is 25.6. The number of aliphatic hydroxyl groups excluding tert-OH is 1. The van der Waals surface area contributed by atoms with Crippen molar-refractivity contribution in [1.82, 2.24) is 20.6 Å². The van der Waals surface area contributed by atoms with Crippen LogP contribution < -0.4 is 10.1 Å². The highest BCUT2D eigenvalue weighted by Gasteiger charge is 2.43. The molecule has 204 valence electrons. The summed E-state index contributed by atoms with van der Waals surface area (Å²) in [4.78, 5) is 4.15. The van der Waals surface area contributed by atoms with E-state index in [1.54, 1.807) is 36.4 Å². The Morgan fingerprint density at radius 1 is 0.949 bits per heavy atom. The van der Waals surface area contributed by atoms with Crippen LogP contribution >= 0.6 is 0 Å². The summed E-state index contributed by atoms with van der Waals surface area (Å²) in [5.74, 6) is 0.0285. The van der Waals surface area contributed by atoms with Gasteiger partial charge < -0.3 is 24.2 Å². The third-order valence-corrected chi connectivity index (χ3v) is 7.43. The summed E-state index contributed by atoms with van der Waals surface area (Å²) in [6.45, 7) is 1.13. The zero-order chi connectivity index (χ0) is 27.0. The Morgan fingerprint density at radius 2 is 1.74 bits per heavy atom. The molecular formula is C28H27F3N4O4. The molecule has 6 rings (SSSR count). The van der Waals surface area contributed by atoms with Gasteiger partial charge in [-0.05, 0) is 31.4 Å². The van der Waals surface area contributed by atoms with Crippen LogP contribution in [0.2, 0.25) is 0 Å². The normalized spacial score (nSPS) is 20.0. The summed E-state index contributed by atoms with van der Waals surface area (Å²) in [5.41, 5.74) is -0.123. The number of halogens is 3. The zero-order valence-electron chi connectivity index (χ0n) is 20.9. The van der Waals surface area contributed by atoms with Gasteiger partial charge in [0.2, 0.25) is 11.6 Å². The molecule has 8 nitrogen and oxygen atoms in total. The van der Waals surface area contributed by atoms with Crippen LogP contribution in [0.25, 0.3) is 34.3 Å². The van der Waals surface area contributed by atoms with Crippen molar-refractivity contribution < 1.29 is 32.1 Å². The van der Waals surface area contributed by atoms with Gasteiger partial charge in [-0.25, -0.2) is 0 Å². The van der Waals surface area contributed by atoms with Gasteiger partial charge >= 0.3 is 6.18 Å². The summed E-state index contributed by atoms with van der Waals surface area (Å²) in [6.07, 6.45) is 0.674. The van der Waals surface area contributed by atoms with E-state index in [0.717, 1.165) is 6.54 Å². The minimum absolute atomic E-state index is 0.0502. The van der Waals surface area contributed by atoms with Gasteiger partial charge in [-0.2, -0.15) is 18.2 Å². The highest BCUT2D eigenvalue weighted by molar-refractivity contribution is 5.71. The molecule has 2 aromatic carbocycles. The Kier molecular flexibility index (Phi) is 6.86. The van der Waals surface area contributed by atoms with Crippen LogP contribution in [-0.4, -0.2) is 39.6 Å². The lowest BCUT2D eigenvalue weighted by molar-refractivity contribution is -0.136. The van der Waals surface area contributed by atoms with E-state index in [0.29, 0.717) is 22.8 Å². The zero-order valence-corrected chi connectivity index (χ0v) is 20.9. The Hall–Kier alpha value is -3.70. The molecular weight excluding hydrogens is 513 g/mol. The molecule has 0 radical (unpaired) electrons. The van der Waals surface area contributed by atoms with Crippen molar-refractivity contribution in [2.45, 2.75) is 50.4 Å². The lowest BCUT2D eigenvalue weighted by Crippen LogP contribution is -2.44. The molecule has 2 aliphatic rings. The Labute approximate surface area is 222 Å². The van der Waals surface area contributed by atoms with Crippen molar-refractivity contribution in [3.8, 4) is 40.0 Å². The molecule has 2 aromatic heterocycles. The molecule has 11 heteroatoms. The summed E-state index contributed by atoms with van der Waals surface area (Å²) < 4.78 is 58.2. The van der Waals surface area contributed by atoms with Gasteiger partial charge in [0.15, 0.2) is 0 Å². The first-order valence-corrected chi connectivity index (χ1v) is 13.0. The quantitative estimate of drug-likeness (QED) is 0.305. The van der Waals surface area contributed by atoms with E-state index >= 15 is 0 Å². The number of nitrogens with zero attached hydrogens (tertiary/aromatic N) is 3. The van der Waals surface area contributed by atoms with E-state index in [4.69, 9.17) is 13.8 Å². The molecule has 2 atom stereocenters. The monoisotopic (exact) mass is 540 g/mol. The lowest BCUT2D eigenvalue weighted by Gasteiger charge is -2.33. The fourth-order valence-corrected chi connectivity index (χ4v) is 5.34. The number of alkyl halides is 3. The van der Waals surface area contributed by atoms with Crippen molar-refractivity contribution in [3.63, 3.8) is 0 Å². The second-order valence-corrected chi connectivity index (χ2v) is 10.0. The predicted molar refractivity (Wildman–Crippen MR) is 134 cm³/mol. The van der Waals surface area contributed by atoms with Crippen LogP contribution in [0.5, 0.6) is 5.75 Å². The van der Waals surface area contributed by atoms with Crippen LogP contribution in [0.15, 0.2) is 57.6 Å². The molecule has 39 heavy (non-hydrogen) atoms. The number of hydrogen-bond donors (Lipinski definition) is 2. The van der Waals surface area contributed by atoms with E-state index in [2.05, 4.69) is 20.6 Å². The molecule has 0 saturated heterocycles. The first-order valence-electron chi connectivity index (χ1n) is 13.0. The van der Waals surface area contributed by atoms with Crippen LogP contribution in [-0.2, 0) is 6.18 Å². The van der Waals surface area contributed by atoms with Crippen molar-refractivity contribution in [1.29, 1.82) is 0 Å². The number of benzene rings is 2. The van der Waals surface area contributed by atoms with E-state index in [9.17, 15) is 18.3 Å². The van der Waals surface area contributed by atoms with Crippen molar-refractivity contribution in [2.75, 3.05) is 13.2 Å². The van der Waals surface area contributed by atoms with E-state index in [1.807, 2.05) is 0 Å². The third kappa shape index (κ3) is 5.16. The molecule has 2 N–H and O–H groups in total. The van der Waals surface area contributed by atoms with Gasteiger partial charge in [-0.15, -0.1) is 0 Å². The van der Waals surface area contributed by atoms with E-state index < -0.39 is 29.5 Å². The van der Waals surface area contributed by atoms with Crippen LogP contribution in [0.1, 0.15) is 49.3 Å². The van der Waals surface area contributed by atoms with Crippen molar-refractivity contribution in [2.24, 2.45) is 5.92 Å². The second-order valence-electron chi connectivity index (χ2n) is 10.0. The first-order chi connectivity index (χ1) is 18.9. The molecule has 1 aliphatic heterocycles. The fraction of sp³-hybridized carbons (Fsp3) is 0.393. The van der Waals surface area contributed by atoms with Crippen molar-refractivity contribution >= 4 is 0 Å². The topological polar surface area (TPSA) is 106 Å². The van der Waals surface area contributed by atoms with Gasteiger partial charge in [0.25, 0.3) is 5.89 Å². The molecule has 1 saturated carbocycles. The molecule has 0 spiro atoms. The average Bonchev–Trinajstić information content (AvgIpc) is 3.62. The average molecular weight is 541 g/mol. The molecule has 1 fully saturated rings. The Morgan fingerprint density at radius 3 is 2.51 bits per heavy atom. The largest absolute Gasteiger partial charge is 0.491 e. The highest BCUT2D eigenvalue weighted by Crippen LogP contribution is 2.43. The highest BCUT2D eigenvalue weighted by atomic mass is 19.4. The number of ether oxygens (including phenoxy) is 1. The number of fused-ring (bicyclic) bond motifs is 1. The molecule has 0 unspecified atom stereocenters. The van der Waals surface area contributed by atoms with Gasteiger partial charge in [0.1, 0.15) is 29.7 Å². The molecule has 3 heterocycles. The minimum Gasteiger partial charge on any atom is -0.491 e. The Balaban J connectivity index is 1.22. The Bertz CT molecular complexity index is 1430. The van der Waals surface area contributed by atoms with Gasteiger partial charge in [-0.3, -0.25) is 0 Å². The van der Waals surface area contributed by atoms with Crippen molar-refractivity contribution in [3.05, 3.63) is 59.7 Å². The minimum atomic E-state index is -4.77. The molecule has 1 aliphatic carbocycles. The summed E-state index contributed by atoms with van der Waals surface area (Å²) in [5, 5.41) is 21.9. The summed E-state index contributed by atoms with van der Waals surface area (Å²) in [7, 11) is 0. The van der Waals surface area contributed by atoms with Crippen LogP contribution in [0.4, 0.5) is 13.2 Å². The predicted octanol–water partition coefficient (Wildman–Crippen LogP) is 6.04. The second kappa shape index (κ2) is 10.5. The number of aliphatic hydroxyl groups is 1. The number of aromatic nitrogens is 3. The number of rotatable bonds is 6. The third-order valence-electron chi connectivity index (χ3n) is 7.43. The molecule has 0 bridgehead atoms. The lowest BCUT2D eigenvalue weighted by atomic mass is 9.88. The SMILES string of the molecule is O[C@@H]1c2ccc(-c3noc(-c4onc(-c5ccccc5)c4C(F)(F)F)n3)cc2OC[C@@H]1NCC1CCCCC1. The van der Waals surface area contributed by atoms with Crippen LogP contribution in [0.3, 0.4) is 0 Å². The summed E-state index contributed by atoms with van der Waals surface area (Å²) >= 11 is 0. The standard InChI is InChI=1S/C28H27F3N4O4/c29-28(30,31)22-23(17-9-5-2-6-10-17)34-38-25(22)27-33-26(35-39-27)18-11-12-19-21(13-18)37-15-20(24(19)36)32-14-16-7-3-1-4-8-16/h2,5-6,9-13,16,20,24,32,36H,1,3-4,7-8,14-15H2/t20-,24+/m0/s1. The smallest absolute Gasteiger partial charge is 0.422 e. The van der Waals surface area contributed by atoms with E-state index in [1.165, 1.54) is 44.2 Å². The number of nitrogens with one attached hydrogen (secondary N) is 1.